The van der Waals surface area contributed by atoms with Crippen molar-refractivity contribution in [3.8, 4) is 0 Å². The zero-order chi connectivity index (χ0) is 39.9. The molecule has 1 heterocycles. The minimum absolute atomic E-state index is 0.0739. The van der Waals surface area contributed by atoms with Gasteiger partial charge in [-0.05, 0) is 84.0 Å². The fourth-order valence-corrected chi connectivity index (χ4v) is 10.5. The molecule has 0 aromatic heterocycles. The number of hydrogen-bond acceptors (Lipinski definition) is 9. The molecule has 4 N–H and O–H groups in total. The van der Waals surface area contributed by atoms with Crippen LogP contribution in [0.1, 0.15) is 107 Å². The number of likely N-dealkylation sites (tertiary alicyclic amines) is 1. The van der Waals surface area contributed by atoms with Gasteiger partial charge in [-0.1, -0.05) is 52.0 Å². The van der Waals surface area contributed by atoms with Crippen LogP contribution in [0.5, 0.6) is 0 Å². The lowest BCUT2D eigenvalue weighted by molar-refractivity contribution is -0.143. The smallest absolute Gasteiger partial charge is 0.315 e. The van der Waals surface area contributed by atoms with Crippen molar-refractivity contribution in [1.29, 1.82) is 0 Å². The standard InChI is InChI=1S/C37H61N5O9S2/c1-10-18-38-31(45)29(43)25(19-23-14-15-23)39-30(44)28-27-24(36(27,8)9)20-42(28)32(46)26(21-52(48,49)34(2,3)4)40-33(47)41-37(16-12-11-13-17-37)22-53(50,51)35(5,6)7/h10,23-28H,1,11-22H2,2-9H3,(H,38,45)(H,39,44)(H2,40,41,47)/t24-,25?,26-,27-,28-/m0/s1. The quantitative estimate of drug-likeness (QED) is 0.142. The molecule has 1 unspecified atom stereocenters. The summed E-state index contributed by atoms with van der Waals surface area (Å²) >= 11 is 0. The number of nitrogens with one attached hydrogen (secondary N) is 4. The number of carbonyl (C=O) groups excluding carboxylic acids is 5. The van der Waals surface area contributed by atoms with Gasteiger partial charge in [-0.2, -0.15) is 0 Å². The molecule has 4 rings (SSSR count). The van der Waals surface area contributed by atoms with Crippen LogP contribution in [0.15, 0.2) is 12.7 Å². The summed E-state index contributed by atoms with van der Waals surface area (Å²) in [5.41, 5.74) is -1.45. The number of Topliss-reactive ketones (excluding diaryl/α,β-unsaturated/α-hetero) is 1. The molecule has 14 nitrogen and oxygen atoms in total. The molecule has 1 aliphatic heterocycles. The Morgan fingerprint density at radius 2 is 1.45 bits per heavy atom. The van der Waals surface area contributed by atoms with Crippen molar-refractivity contribution in [2.75, 3.05) is 24.6 Å². The van der Waals surface area contributed by atoms with Crippen LogP contribution in [0.4, 0.5) is 4.79 Å². The van der Waals surface area contributed by atoms with Crippen molar-refractivity contribution in [2.24, 2.45) is 23.2 Å². The second kappa shape index (κ2) is 15.3. The summed E-state index contributed by atoms with van der Waals surface area (Å²) in [4.78, 5) is 69.7. The number of hydrogen-bond donors (Lipinski definition) is 4. The Labute approximate surface area is 315 Å². The molecule has 5 amide bonds. The first-order chi connectivity index (χ1) is 24.3. The van der Waals surface area contributed by atoms with Crippen molar-refractivity contribution in [3.05, 3.63) is 12.7 Å². The number of piperidine rings is 1. The monoisotopic (exact) mass is 783 g/mol. The van der Waals surface area contributed by atoms with Gasteiger partial charge in [0, 0.05) is 13.1 Å². The van der Waals surface area contributed by atoms with Gasteiger partial charge in [0.1, 0.15) is 12.1 Å². The molecule has 300 valence electrons. The lowest BCUT2D eigenvalue weighted by atomic mass is 9.83. The molecule has 4 fully saturated rings. The predicted molar refractivity (Wildman–Crippen MR) is 202 cm³/mol. The molecule has 0 aromatic carbocycles. The molecular weight excluding hydrogens is 723 g/mol. The van der Waals surface area contributed by atoms with E-state index >= 15 is 0 Å². The Bertz CT molecular complexity index is 1680. The van der Waals surface area contributed by atoms with E-state index in [4.69, 9.17) is 0 Å². The van der Waals surface area contributed by atoms with Crippen LogP contribution in [-0.2, 0) is 38.9 Å². The van der Waals surface area contributed by atoms with E-state index < -0.39 is 88.1 Å². The third kappa shape index (κ3) is 9.63. The number of urea groups is 1. The van der Waals surface area contributed by atoms with Gasteiger partial charge in [0.05, 0.1) is 32.6 Å². The third-order valence-electron chi connectivity index (χ3n) is 11.8. The molecule has 0 aromatic rings. The second-order valence-electron chi connectivity index (χ2n) is 18.2. The van der Waals surface area contributed by atoms with Gasteiger partial charge in [-0.25, -0.2) is 21.6 Å². The highest BCUT2D eigenvalue weighted by atomic mass is 32.2. The van der Waals surface area contributed by atoms with E-state index in [0.717, 1.165) is 19.3 Å². The van der Waals surface area contributed by atoms with Crippen LogP contribution in [0.3, 0.4) is 0 Å². The van der Waals surface area contributed by atoms with E-state index in [1.165, 1.54) is 31.7 Å². The van der Waals surface area contributed by atoms with Crippen molar-refractivity contribution < 1.29 is 40.8 Å². The largest absolute Gasteiger partial charge is 0.346 e. The molecular formula is C37H61N5O9S2. The van der Waals surface area contributed by atoms with Gasteiger partial charge < -0.3 is 26.2 Å². The van der Waals surface area contributed by atoms with Crippen LogP contribution in [0.25, 0.3) is 0 Å². The van der Waals surface area contributed by atoms with Crippen molar-refractivity contribution >= 4 is 49.2 Å². The fourth-order valence-electron chi connectivity index (χ4n) is 7.79. The predicted octanol–water partition coefficient (Wildman–Crippen LogP) is 2.42. The zero-order valence-corrected chi connectivity index (χ0v) is 34.3. The van der Waals surface area contributed by atoms with E-state index in [1.807, 2.05) is 13.8 Å². The van der Waals surface area contributed by atoms with E-state index in [2.05, 4.69) is 27.8 Å². The van der Waals surface area contributed by atoms with Crippen LogP contribution >= 0.6 is 0 Å². The topological polar surface area (TPSA) is 205 Å². The maximum atomic E-state index is 14.5. The van der Waals surface area contributed by atoms with Gasteiger partial charge in [-0.15, -0.1) is 6.58 Å². The molecule has 4 aliphatic rings. The van der Waals surface area contributed by atoms with E-state index in [9.17, 15) is 40.8 Å². The molecule has 5 atom stereocenters. The summed E-state index contributed by atoms with van der Waals surface area (Å²) in [6.07, 6.45) is 6.46. The Kier molecular flexibility index (Phi) is 12.3. The maximum absolute atomic E-state index is 14.5. The maximum Gasteiger partial charge on any atom is 0.315 e. The molecule has 3 saturated carbocycles. The average molecular weight is 784 g/mol. The number of ketones is 1. The molecule has 0 radical (unpaired) electrons. The Balaban J connectivity index is 1.63. The Hall–Kier alpha value is -3.01. The number of nitrogens with zero attached hydrogens (tertiary/aromatic N) is 1. The van der Waals surface area contributed by atoms with Gasteiger partial charge in [-0.3, -0.25) is 19.2 Å². The zero-order valence-electron chi connectivity index (χ0n) is 32.7. The fraction of sp³-hybridized carbons (Fsp3) is 0.811. The molecule has 53 heavy (non-hydrogen) atoms. The summed E-state index contributed by atoms with van der Waals surface area (Å²) in [6.45, 7) is 17.0. The van der Waals surface area contributed by atoms with Crippen molar-refractivity contribution in [3.63, 3.8) is 0 Å². The number of fused-ring (bicyclic) bond motifs is 1. The highest BCUT2D eigenvalue weighted by Gasteiger charge is 2.70. The van der Waals surface area contributed by atoms with Gasteiger partial charge >= 0.3 is 6.03 Å². The molecule has 3 aliphatic carbocycles. The normalized spacial score (nSPS) is 24.9. The third-order valence-corrected chi connectivity index (χ3v) is 17.2. The molecule has 0 spiro atoms. The number of carbonyl (C=O) groups is 5. The summed E-state index contributed by atoms with van der Waals surface area (Å²) < 4.78 is 51.5. The molecule has 1 saturated heterocycles. The Morgan fingerprint density at radius 1 is 0.868 bits per heavy atom. The number of sulfone groups is 2. The summed E-state index contributed by atoms with van der Waals surface area (Å²) in [7, 11) is -7.69. The van der Waals surface area contributed by atoms with Gasteiger partial charge in [0.2, 0.25) is 17.6 Å². The Morgan fingerprint density at radius 3 is 1.98 bits per heavy atom. The lowest BCUT2D eigenvalue weighted by Gasteiger charge is -2.40. The van der Waals surface area contributed by atoms with Gasteiger partial charge in [0.25, 0.3) is 5.91 Å². The van der Waals surface area contributed by atoms with Crippen LogP contribution in [0, 0.1) is 23.2 Å². The average Bonchev–Trinajstić information content (AvgIpc) is 3.88. The summed E-state index contributed by atoms with van der Waals surface area (Å²) in [5, 5.41) is 10.7. The summed E-state index contributed by atoms with van der Waals surface area (Å²) in [5.74, 6) is -4.35. The molecule has 16 heteroatoms. The van der Waals surface area contributed by atoms with E-state index in [1.54, 1.807) is 20.8 Å². The van der Waals surface area contributed by atoms with E-state index in [-0.39, 0.29) is 48.4 Å². The van der Waals surface area contributed by atoms with Gasteiger partial charge in [0.15, 0.2) is 19.7 Å². The van der Waals surface area contributed by atoms with Crippen LogP contribution in [-0.4, -0.2) is 109 Å². The SMILES string of the molecule is C=CCNC(=O)C(=O)C(CC1CC1)NC(=O)[C@@H]1[C@@H]2[C@H](CN1C(=O)[C@H](CS(=O)(=O)C(C)(C)C)NC(=O)NC1(CS(=O)(=O)C(C)(C)C)CCCCC1)C2(C)C. The van der Waals surface area contributed by atoms with Crippen LogP contribution in [0.2, 0.25) is 0 Å². The minimum atomic E-state index is -4.01. The highest BCUT2D eigenvalue weighted by molar-refractivity contribution is 7.93. The second-order valence-corrected chi connectivity index (χ2v) is 23.8. The van der Waals surface area contributed by atoms with E-state index in [0.29, 0.717) is 25.7 Å². The lowest BCUT2D eigenvalue weighted by Crippen LogP contribution is -2.63. The summed E-state index contributed by atoms with van der Waals surface area (Å²) in [6, 6.07) is -4.68. The highest BCUT2D eigenvalue weighted by Crippen LogP contribution is 2.65. The first kappa shape index (κ1) is 42.7. The van der Waals surface area contributed by atoms with Crippen molar-refractivity contribution in [2.45, 2.75) is 140 Å². The molecule has 0 bridgehead atoms. The number of amides is 5. The first-order valence-corrected chi connectivity index (χ1v) is 22.1. The minimum Gasteiger partial charge on any atom is -0.346 e. The number of rotatable bonds is 15. The van der Waals surface area contributed by atoms with Crippen molar-refractivity contribution in [1.82, 2.24) is 26.2 Å². The first-order valence-electron chi connectivity index (χ1n) is 18.8. The van der Waals surface area contributed by atoms with Crippen LogP contribution < -0.4 is 21.3 Å².